The average molecular weight is 233 g/mol. The van der Waals surface area contributed by atoms with E-state index in [0.717, 1.165) is 5.56 Å². The second-order valence-corrected chi connectivity index (χ2v) is 3.93. The molecule has 6 heteroatoms. The van der Waals surface area contributed by atoms with Crippen molar-refractivity contribution in [3.8, 4) is 0 Å². The summed E-state index contributed by atoms with van der Waals surface area (Å²) in [5.41, 5.74) is 6.73. The first-order valence-electron chi connectivity index (χ1n) is 5.36. The topological polar surface area (TPSA) is 81.1 Å². The molecule has 0 saturated carbocycles. The highest BCUT2D eigenvalue weighted by Crippen LogP contribution is 2.16. The maximum atomic E-state index is 5.65. The molecule has 0 amide bonds. The smallest absolute Gasteiger partial charge is 0.318 e. The van der Waals surface area contributed by atoms with Crippen molar-refractivity contribution in [3.63, 3.8) is 0 Å². The van der Waals surface area contributed by atoms with E-state index in [-0.39, 0.29) is 6.04 Å². The fraction of sp³-hybridized carbons (Fsp3) is 0.364. The van der Waals surface area contributed by atoms with E-state index in [1.54, 1.807) is 19.3 Å². The molecule has 2 aromatic heterocycles. The van der Waals surface area contributed by atoms with E-state index in [9.17, 15) is 0 Å². The van der Waals surface area contributed by atoms with E-state index >= 15 is 0 Å². The summed E-state index contributed by atoms with van der Waals surface area (Å²) in [5, 5.41) is 7.82. The number of pyridine rings is 1. The molecule has 0 saturated heterocycles. The molecule has 0 aliphatic rings. The first-order valence-corrected chi connectivity index (χ1v) is 5.36. The third kappa shape index (κ3) is 2.79. The minimum Gasteiger partial charge on any atom is -0.406 e. The molecule has 90 valence electrons. The summed E-state index contributed by atoms with van der Waals surface area (Å²) in [7, 11) is 1.88. The summed E-state index contributed by atoms with van der Waals surface area (Å²) in [4.78, 5) is 5.91. The van der Waals surface area contributed by atoms with Gasteiger partial charge in [-0.3, -0.25) is 4.98 Å². The quantitative estimate of drug-likeness (QED) is 0.852. The number of rotatable bonds is 4. The van der Waals surface area contributed by atoms with Crippen LogP contribution in [0, 0.1) is 0 Å². The van der Waals surface area contributed by atoms with Crippen LogP contribution in [-0.4, -0.2) is 22.2 Å². The Kier molecular flexibility index (Phi) is 3.34. The molecule has 0 fully saturated rings. The van der Waals surface area contributed by atoms with Gasteiger partial charge in [0.2, 0.25) is 5.89 Å². The molecule has 2 aromatic rings. The molecule has 2 heterocycles. The predicted octanol–water partition coefficient (Wildman–Crippen LogP) is 1.12. The van der Waals surface area contributed by atoms with Gasteiger partial charge in [0.25, 0.3) is 0 Å². The van der Waals surface area contributed by atoms with Gasteiger partial charge in [-0.15, -0.1) is 5.10 Å². The Balaban J connectivity index is 2.07. The second-order valence-electron chi connectivity index (χ2n) is 3.93. The molecule has 0 aliphatic carbocycles. The molecular weight excluding hydrogens is 218 g/mol. The Morgan fingerprint density at radius 2 is 2.29 bits per heavy atom. The lowest BCUT2D eigenvalue weighted by Crippen LogP contribution is -2.16. The standard InChI is InChI=1S/C11H15N5O/c1-8(12)10-14-15-11(17-10)16(2)7-9-4-3-5-13-6-9/h3-6,8H,7,12H2,1-2H3. The van der Waals surface area contributed by atoms with E-state index in [0.29, 0.717) is 18.5 Å². The number of nitrogens with two attached hydrogens (primary N) is 1. The highest BCUT2D eigenvalue weighted by molar-refractivity contribution is 5.25. The van der Waals surface area contributed by atoms with E-state index < -0.39 is 0 Å². The lowest BCUT2D eigenvalue weighted by atomic mass is 10.3. The third-order valence-electron chi connectivity index (χ3n) is 2.29. The molecule has 0 bridgehead atoms. The van der Waals surface area contributed by atoms with E-state index in [4.69, 9.17) is 10.2 Å². The van der Waals surface area contributed by atoms with E-state index in [1.807, 2.05) is 24.1 Å². The molecule has 0 radical (unpaired) electrons. The molecule has 6 nitrogen and oxygen atoms in total. The molecule has 1 atom stereocenters. The highest BCUT2D eigenvalue weighted by atomic mass is 16.4. The number of anilines is 1. The third-order valence-corrected chi connectivity index (χ3v) is 2.29. The Bertz CT molecular complexity index is 468. The normalized spacial score (nSPS) is 12.4. The van der Waals surface area contributed by atoms with E-state index in [2.05, 4.69) is 15.2 Å². The summed E-state index contributed by atoms with van der Waals surface area (Å²) in [6.07, 6.45) is 3.55. The van der Waals surface area contributed by atoms with Gasteiger partial charge < -0.3 is 15.1 Å². The molecule has 0 aliphatic heterocycles. The Hall–Kier alpha value is -1.95. The zero-order chi connectivity index (χ0) is 12.3. The fourth-order valence-electron chi connectivity index (χ4n) is 1.40. The van der Waals surface area contributed by atoms with Crippen LogP contribution in [0.5, 0.6) is 0 Å². The van der Waals surface area contributed by atoms with Gasteiger partial charge in [-0.05, 0) is 18.6 Å². The van der Waals surface area contributed by atoms with Crippen molar-refractivity contribution in [1.29, 1.82) is 0 Å². The van der Waals surface area contributed by atoms with Gasteiger partial charge in [-0.2, -0.15) is 0 Å². The minimum atomic E-state index is -0.247. The Morgan fingerprint density at radius 1 is 1.47 bits per heavy atom. The number of nitrogens with zero attached hydrogens (tertiary/aromatic N) is 4. The fourth-order valence-corrected chi connectivity index (χ4v) is 1.40. The van der Waals surface area contributed by atoms with Gasteiger partial charge >= 0.3 is 6.01 Å². The molecule has 0 spiro atoms. The van der Waals surface area contributed by atoms with Gasteiger partial charge in [0.05, 0.1) is 6.04 Å². The average Bonchev–Trinajstić information content (AvgIpc) is 2.79. The lowest BCUT2D eigenvalue weighted by molar-refractivity contribution is 0.460. The van der Waals surface area contributed by atoms with Crippen molar-refractivity contribution in [3.05, 3.63) is 36.0 Å². The van der Waals surface area contributed by atoms with Crippen LogP contribution in [0.1, 0.15) is 24.4 Å². The molecule has 1 unspecified atom stereocenters. The van der Waals surface area contributed by atoms with Gasteiger partial charge in [0.15, 0.2) is 0 Å². The van der Waals surface area contributed by atoms with Gasteiger partial charge in [0.1, 0.15) is 0 Å². The number of hydrogen-bond acceptors (Lipinski definition) is 6. The van der Waals surface area contributed by atoms with Crippen molar-refractivity contribution < 1.29 is 4.42 Å². The van der Waals surface area contributed by atoms with Crippen LogP contribution in [0.3, 0.4) is 0 Å². The maximum absolute atomic E-state index is 5.65. The SMILES string of the molecule is CC(N)c1nnc(N(C)Cc2cccnc2)o1. The van der Waals surface area contributed by atoms with E-state index in [1.165, 1.54) is 0 Å². The summed E-state index contributed by atoms with van der Waals surface area (Å²) >= 11 is 0. The van der Waals surface area contributed by atoms with Crippen LogP contribution in [0.15, 0.2) is 28.9 Å². The Labute approximate surface area is 99.5 Å². The first-order chi connectivity index (χ1) is 8.16. The van der Waals surface area contributed by atoms with Gasteiger partial charge in [0, 0.05) is 26.0 Å². The van der Waals surface area contributed by atoms with Crippen LogP contribution in [0.4, 0.5) is 6.01 Å². The van der Waals surface area contributed by atoms with Gasteiger partial charge in [-0.1, -0.05) is 11.2 Å². The molecule has 17 heavy (non-hydrogen) atoms. The minimum absolute atomic E-state index is 0.247. The summed E-state index contributed by atoms with van der Waals surface area (Å²) in [5.74, 6) is 0.443. The summed E-state index contributed by atoms with van der Waals surface area (Å²) in [6.45, 7) is 2.47. The monoisotopic (exact) mass is 233 g/mol. The maximum Gasteiger partial charge on any atom is 0.318 e. The number of aromatic nitrogens is 3. The lowest BCUT2D eigenvalue weighted by Gasteiger charge is -2.13. The zero-order valence-electron chi connectivity index (χ0n) is 9.87. The molecule has 2 N–H and O–H groups in total. The summed E-state index contributed by atoms with van der Waals surface area (Å²) in [6, 6.07) is 4.10. The van der Waals surface area contributed by atoms with Crippen molar-refractivity contribution >= 4 is 6.01 Å². The van der Waals surface area contributed by atoms with Crippen molar-refractivity contribution in [1.82, 2.24) is 15.2 Å². The first kappa shape index (κ1) is 11.5. The van der Waals surface area contributed by atoms with Crippen LogP contribution in [0.2, 0.25) is 0 Å². The highest BCUT2D eigenvalue weighted by Gasteiger charge is 2.13. The van der Waals surface area contributed by atoms with Crippen LogP contribution in [-0.2, 0) is 6.54 Å². The van der Waals surface area contributed by atoms with Crippen LogP contribution in [0.25, 0.3) is 0 Å². The molecule has 2 rings (SSSR count). The number of hydrogen-bond donors (Lipinski definition) is 1. The van der Waals surface area contributed by atoms with Crippen LogP contribution >= 0.6 is 0 Å². The van der Waals surface area contributed by atoms with Crippen molar-refractivity contribution in [2.75, 3.05) is 11.9 Å². The Morgan fingerprint density at radius 3 is 2.88 bits per heavy atom. The van der Waals surface area contributed by atoms with Crippen LogP contribution < -0.4 is 10.6 Å². The predicted molar refractivity (Wildman–Crippen MR) is 63.2 cm³/mol. The zero-order valence-corrected chi connectivity index (χ0v) is 9.87. The second kappa shape index (κ2) is 4.92. The largest absolute Gasteiger partial charge is 0.406 e. The molecule has 0 aromatic carbocycles. The van der Waals surface area contributed by atoms with Crippen molar-refractivity contribution in [2.45, 2.75) is 19.5 Å². The molecular formula is C11H15N5O. The van der Waals surface area contributed by atoms with Crippen molar-refractivity contribution in [2.24, 2.45) is 5.73 Å². The summed E-state index contributed by atoms with van der Waals surface area (Å²) < 4.78 is 5.44. The van der Waals surface area contributed by atoms with Gasteiger partial charge in [-0.25, -0.2) is 0 Å².